The topological polar surface area (TPSA) is 54.1 Å². The van der Waals surface area contributed by atoms with Crippen molar-refractivity contribution < 1.29 is 9.53 Å². The maximum Gasteiger partial charge on any atom is 0.267 e. The molecule has 0 atom stereocenters. The van der Waals surface area contributed by atoms with Crippen molar-refractivity contribution in [1.82, 2.24) is 10.3 Å². The fourth-order valence-electron chi connectivity index (χ4n) is 1.89. The van der Waals surface area contributed by atoms with E-state index in [1.54, 1.807) is 12.3 Å². The Balaban J connectivity index is 1.78. The minimum Gasteiger partial charge on any atom is -0.491 e. The van der Waals surface area contributed by atoms with Gasteiger partial charge in [0.1, 0.15) is 11.4 Å². The second-order valence-electron chi connectivity index (χ2n) is 4.90. The van der Waals surface area contributed by atoms with E-state index in [2.05, 4.69) is 10.3 Å². The van der Waals surface area contributed by atoms with E-state index in [4.69, 9.17) is 4.74 Å². The number of carbonyl (C=O) groups excluding carboxylic acids is 1. The molecular formula is C16H20N2O2. The monoisotopic (exact) mass is 272 g/mol. The highest BCUT2D eigenvalue weighted by Crippen LogP contribution is 2.13. The number of carbonyl (C=O) groups is 1. The van der Waals surface area contributed by atoms with Crippen LogP contribution in [-0.4, -0.2) is 23.5 Å². The highest BCUT2D eigenvalue weighted by Gasteiger charge is 2.04. The molecule has 2 rings (SSSR count). The highest BCUT2D eigenvalue weighted by molar-refractivity contribution is 5.92. The lowest BCUT2D eigenvalue weighted by Crippen LogP contribution is -2.25. The third-order valence-electron chi connectivity index (χ3n) is 2.84. The first-order valence-corrected chi connectivity index (χ1v) is 6.82. The number of rotatable bonds is 6. The van der Waals surface area contributed by atoms with Crippen LogP contribution in [0, 0.1) is 0 Å². The predicted molar refractivity (Wildman–Crippen MR) is 79.0 cm³/mol. The van der Waals surface area contributed by atoms with Gasteiger partial charge in [0.25, 0.3) is 5.91 Å². The number of benzene rings is 1. The van der Waals surface area contributed by atoms with Gasteiger partial charge in [0, 0.05) is 12.7 Å². The molecule has 1 heterocycles. The minimum atomic E-state index is -0.0743. The van der Waals surface area contributed by atoms with Gasteiger partial charge in [0.2, 0.25) is 0 Å². The summed E-state index contributed by atoms with van der Waals surface area (Å²) < 4.78 is 5.59. The molecule has 106 valence electrons. The molecule has 0 saturated carbocycles. The summed E-state index contributed by atoms with van der Waals surface area (Å²) in [5, 5.41) is 2.88. The summed E-state index contributed by atoms with van der Waals surface area (Å²) in [6.07, 6.45) is 2.72. The smallest absolute Gasteiger partial charge is 0.267 e. The lowest BCUT2D eigenvalue weighted by molar-refractivity contribution is 0.0950. The molecular weight excluding hydrogens is 252 g/mol. The fourth-order valence-corrected chi connectivity index (χ4v) is 1.89. The molecule has 0 saturated heterocycles. The third kappa shape index (κ3) is 4.16. The molecule has 1 aromatic heterocycles. The number of nitrogens with one attached hydrogen (secondary N) is 2. The summed E-state index contributed by atoms with van der Waals surface area (Å²) in [6, 6.07) is 11.5. The van der Waals surface area contributed by atoms with Crippen LogP contribution in [-0.2, 0) is 6.42 Å². The molecule has 2 N–H and O–H groups in total. The molecule has 2 aromatic rings. The number of aromatic nitrogens is 1. The van der Waals surface area contributed by atoms with Crippen LogP contribution < -0.4 is 10.1 Å². The molecule has 4 nitrogen and oxygen atoms in total. The van der Waals surface area contributed by atoms with Gasteiger partial charge in [-0.2, -0.15) is 0 Å². The van der Waals surface area contributed by atoms with Crippen LogP contribution in [0.2, 0.25) is 0 Å². The van der Waals surface area contributed by atoms with Gasteiger partial charge in [0.15, 0.2) is 0 Å². The number of ether oxygens (including phenoxy) is 1. The van der Waals surface area contributed by atoms with Crippen LogP contribution in [0.25, 0.3) is 0 Å². The van der Waals surface area contributed by atoms with E-state index in [-0.39, 0.29) is 12.0 Å². The van der Waals surface area contributed by atoms with Crippen molar-refractivity contribution in [3.63, 3.8) is 0 Å². The van der Waals surface area contributed by atoms with Gasteiger partial charge < -0.3 is 15.0 Å². The van der Waals surface area contributed by atoms with Crippen molar-refractivity contribution in [1.29, 1.82) is 0 Å². The highest BCUT2D eigenvalue weighted by atomic mass is 16.5. The zero-order valence-corrected chi connectivity index (χ0v) is 11.8. The molecule has 0 aliphatic heterocycles. The molecule has 0 bridgehead atoms. The second-order valence-corrected chi connectivity index (χ2v) is 4.90. The Morgan fingerprint density at radius 1 is 1.25 bits per heavy atom. The fraction of sp³-hybridized carbons (Fsp3) is 0.312. The van der Waals surface area contributed by atoms with Gasteiger partial charge in [-0.25, -0.2) is 0 Å². The average Bonchev–Trinajstić information content (AvgIpc) is 2.94. The molecule has 4 heteroatoms. The first-order chi connectivity index (χ1) is 9.65. The van der Waals surface area contributed by atoms with Crippen molar-refractivity contribution in [2.75, 3.05) is 6.54 Å². The van der Waals surface area contributed by atoms with E-state index >= 15 is 0 Å². The largest absolute Gasteiger partial charge is 0.491 e. The first kappa shape index (κ1) is 14.2. The average molecular weight is 272 g/mol. The number of aromatic amines is 1. The maximum atomic E-state index is 11.7. The normalized spacial score (nSPS) is 10.6. The van der Waals surface area contributed by atoms with Gasteiger partial charge in [0.05, 0.1) is 6.10 Å². The van der Waals surface area contributed by atoms with E-state index < -0.39 is 0 Å². The van der Waals surface area contributed by atoms with Crippen LogP contribution in [0.5, 0.6) is 5.75 Å². The van der Waals surface area contributed by atoms with Crippen LogP contribution in [0.1, 0.15) is 29.9 Å². The van der Waals surface area contributed by atoms with E-state index in [1.807, 2.05) is 44.2 Å². The molecule has 0 radical (unpaired) electrons. The number of H-pyrrole nitrogens is 1. The summed E-state index contributed by atoms with van der Waals surface area (Å²) >= 11 is 0. The molecule has 20 heavy (non-hydrogen) atoms. The zero-order valence-electron chi connectivity index (χ0n) is 11.8. The molecule has 0 aliphatic carbocycles. The standard InChI is InChI=1S/C16H20N2O2/c1-12(2)20-14-7-5-13(6-8-14)9-11-18-16(19)15-4-3-10-17-15/h3-8,10,12,17H,9,11H2,1-2H3,(H,18,19). The Hall–Kier alpha value is -2.23. The summed E-state index contributed by atoms with van der Waals surface area (Å²) in [7, 11) is 0. The Morgan fingerprint density at radius 2 is 2.00 bits per heavy atom. The van der Waals surface area contributed by atoms with Crippen molar-refractivity contribution in [2.45, 2.75) is 26.4 Å². The van der Waals surface area contributed by atoms with E-state index in [0.29, 0.717) is 12.2 Å². The Kier molecular flexibility index (Phi) is 4.82. The SMILES string of the molecule is CC(C)Oc1ccc(CCNC(=O)c2ccc[nH]2)cc1. The Morgan fingerprint density at radius 3 is 2.60 bits per heavy atom. The van der Waals surface area contributed by atoms with Crippen LogP contribution in [0.3, 0.4) is 0 Å². The third-order valence-corrected chi connectivity index (χ3v) is 2.84. The van der Waals surface area contributed by atoms with Crippen molar-refractivity contribution in [2.24, 2.45) is 0 Å². The van der Waals surface area contributed by atoms with Crippen molar-refractivity contribution in [3.05, 3.63) is 53.9 Å². The zero-order chi connectivity index (χ0) is 14.4. The second kappa shape index (κ2) is 6.80. The van der Waals surface area contributed by atoms with Gasteiger partial charge in [-0.05, 0) is 50.1 Å². The molecule has 0 fully saturated rings. The number of amides is 1. The molecule has 0 spiro atoms. The maximum absolute atomic E-state index is 11.7. The summed E-state index contributed by atoms with van der Waals surface area (Å²) in [6.45, 7) is 4.62. The minimum absolute atomic E-state index is 0.0743. The summed E-state index contributed by atoms with van der Waals surface area (Å²) in [5.74, 6) is 0.800. The quantitative estimate of drug-likeness (QED) is 0.849. The summed E-state index contributed by atoms with van der Waals surface area (Å²) in [5.41, 5.74) is 1.76. The van der Waals surface area contributed by atoms with Gasteiger partial charge in [-0.1, -0.05) is 12.1 Å². The van der Waals surface area contributed by atoms with E-state index in [0.717, 1.165) is 12.2 Å². The Bertz CT molecular complexity index is 530. The van der Waals surface area contributed by atoms with E-state index in [9.17, 15) is 4.79 Å². The van der Waals surface area contributed by atoms with Gasteiger partial charge in [-0.3, -0.25) is 4.79 Å². The van der Waals surface area contributed by atoms with Crippen LogP contribution >= 0.6 is 0 Å². The van der Waals surface area contributed by atoms with Crippen molar-refractivity contribution >= 4 is 5.91 Å². The number of hydrogen-bond donors (Lipinski definition) is 2. The van der Waals surface area contributed by atoms with Gasteiger partial charge in [-0.15, -0.1) is 0 Å². The molecule has 0 unspecified atom stereocenters. The predicted octanol–water partition coefficient (Wildman–Crippen LogP) is 2.77. The van der Waals surface area contributed by atoms with Crippen molar-refractivity contribution in [3.8, 4) is 5.75 Å². The lowest BCUT2D eigenvalue weighted by atomic mass is 10.1. The Labute approximate surface area is 119 Å². The number of hydrogen-bond acceptors (Lipinski definition) is 2. The van der Waals surface area contributed by atoms with Crippen LogP contribution in [0.15, 0.2) is 42.6 Å². The molecule has 1 amide bonds. The molecule has 0 aliphatic rings. The van der Waals surface area contributed by atoms with E-state index in [1.165, 1.54) is 5.56 Å². The van der Waals surface area contributed by atoms with Gasteiger partial charge >= 0.3 is 0 Å². The summed E-state index contributed by atoms with van der Waals surface area (Å²) in [4.78, 5) is 14.6. The lowest BCUT2D eigenvalue weighted by Gasteiger charge is -2.10. The first-order valence-electron chi connectivity index (χ1n) is 6.82. The molecule has 1 aromatic carbocycles. The van der Waals surface area contributed by atoms with Crippen LogP contribution in [0.4, 0.5) is 0 Å².